The second-order valence-electron chi connectivity index (χ2n) is 6.85. The zero-order chi connectivity index (χ0) is 16.4. The summed E-state index contributed by atoms with van der Waals surface area (Å²) in [7, 11) is 0. The van der Waals surface area contributed by atoms with Gasteiger partial charge in [0.15, 0.2) is 5.82 Å². The van der Waals surface area contributed by atoms with E-state index in [1.807, 2.05) is 6.07 Å². The molecule has 0 bridgehead atoms. The molecule has 4 rings (SSSR count). The van der Waals surface area contributed by atoms with Crippen molar-refractivity contribution in [3.05, 3.63) is 29.8 Å². The minimum absolute atomic E-state index is 0.251. The van der Waals surface area contributed by atoms with E-state index in [0.717, 1.165) is 57.3 Å². The van der Waals surface area contributed by atoms with Crippen LogP contribution in [-0.2, 0) is 11.3 Å². The van der Waals surface area contributed by atoms with Crippen molar-refractivity contribution < 1.29 is 9.13 Å². The Bertz CT molecular complexity index is 683. The van der Waals surface area contributed by atoms with Gasteiger partial charge in [-0.05, 0) is 31.5 Å². The van der Waals surface area contributed by atoms with Gasteiger partial charge < -0.3 is 9.72 Å². The number of hydrogen-bond donors (Lipinski definition) is 1. The molecule has 3 heterocycles. The van der Waals surface area contributed by atoms with Crippen LogP contribution in [0.3, 0.4) is 0 Å². The fraction of sp³-hybridized carbons (Fsp3) is 0.611. The van der Waals surface area contributed by atoms with Crippen LogP contribution >= 0.6 is 0 Å². The van der Waals surface area contributed by atoms with Gasteiger partial charge in [-0.1, -0.05) is 12.5 Å². The van der Waals surface area contributed by atoms with Crippen LogP contribution in [0.2, 0.25) is 0 Å². The summed E-state index contributed by atoms with van der Waals surface area (Å²) in [5.74, 6) is 0.613. The van der Waals surface area contributed by atoms with E-state index in [1.165, 1.54) is 25.3 Å². The lowest BCUT2D eigenvalue weighted by molar-refractivity contribution is 0.0149. The van der Waals surface area contributed by atoms with Crippen molar-refractivity contribution in [2.45, 2.75) is 31.8 Å². The number of aromatic amines is 1. The monoisotopic (exact) mass is 332 g/mol. The van der Waals surface area contributed by atoms with Crippen molar-refractivity contribution in [1.82, 2.24) is 19.8 Å². The fourth-order valence-corrected chi connectivity index (χ4v) is 3.87. The van der Waals surface area contributed by atoms with Gasteiger partial charge in [0, 0.05) is 25.7 Å². The first kappa shape index (κ1) is 16.0. The summed E-state index contributed by atoms with van der Waals surface area (Å²) in [6, 6.07) is 5.63. The number of piperidine rings is 1. The standard InChI is InChI=1S/C18H25FN4O/c19-15-5-3-6-16-18(15)21-17(20-16)13-23-7-2-1-4-14(23)12-22-8-10-24-11-9-22/h3,5-6,14H,1-2,4,7-13H2,(H,20,21)/t14-/m1/s1. The zero-order valence-corrected chi connectivity index (χ0v) is 14.0. The van der Waals surface area contributed by atoms with Crippen molar-refractivity contribution in [2.24, 2.45) is 0 Å². The van der Waals surface area contributed by atoms with E-state index >= 15 is 0 Å². The summed E-state index contributed by atoms with van der Waals surface area (Å²) in [6.07, 6.45) is 3.75. The van der Waals surface area contributed by atoms with Crippen molar-refractivity contribution in [3.8, 4) is 0 Å². The number of aromatic nitrogens is 2. The molecule has 0 spiro atoms. The number of halogens is 1. The molecule has 130 valence electrons. The number of H-pyrrole nitrogens is 1. The Labute approximate surface area is 141 Å². The molecule has 0 aliphatic carbocycles. The van der Waals surface area contributed by atoms with E-state index in [0.29, 0.717) is 11.6 Å². The number of hydrogen-bond acceptors (Lipinski definition) is 4. The third kappa shape index (κ3) is 3.45. The SMILES string of the molecule is Fc1cccc2[nH]c(CN3CCCC[C@@H]3CN3CCOCC3)nc12. The first-order valence-electron chi connectivity index (χ1n) is 8.97. The molecule has 0 radical (unpaired) electrons. The third-order valence-corrected chi connectivity index (χ3v) is 5.19. The number of benzene rings is 1. The van der Waals surface area contributed by atoms with Crippen LogP contribution in [0.4, 0.5) is 4.39 Å². The van der Waals surface area contributed by atoms with Crippen LogP contribution in [0.15, 0.2) is 18.2 Å². The summed E-state index contributed by atoms with van der Waals surface area (Å²) in [6.45, 7) is 6.70. The molecule has 0 amide bonds. The first-order valence-corrected chi connectivity index (χ1v) is 8.97. The number of imidazole rings is 1. The maximum atomic E-state index is 13.8. The van der Waals surface area contributed by atoms with Crippen LogP contribution < -0.4 is 0 Å². The molecule has 0 saturated carbocycles. The minimum Gasteiger partial charge on any atom is -0.379 e. The van der Waals surface area contributed by atoms with Gasteiger partial charge in [-0.15, -0.1) is 0 Å². The molecule has 1 N–H and O–H groups in total. The van der Waals surface area contributed by atoms with Crippen molar-refractivity contribution >= 4 is 11.0 Å². The summed E-state index contributed by atoms with van der Waals surface area (Å²) in [5, 5.41) is 0. The van der Waals surface area contributed by atoms with Crippen molar-refractivity contribution in [1.29, 1.82) is 0 Å². The number of morpholine rings is 1. The quantitative estimate of drug-likeness (QED) is 0.934. The van der Waals surface area contributed by atoms with Gasteiger partial charge in [0.05, 0.1) is 25.3 Å². The Morgan fingerprint density at radius 2 is 2.08 bits per heavy atom. The maximum absolute atomic E-state index is 13.8. The van der Waals surface area contributed by atoms with Crippen LogP contribution in [0.25, 0.3) is 11.0 Å². The average molecular weight is 332 g/mol. The lowest BCUT2D eigenvalue weighted by Crippen LogP contribution is -2.49. The lowest BCUT2D eigenvalue weighted by Gasteiger charge is -2.39. The van der Waals surface area contributed by atoms with E-state index < -0.39 is 0 Å². The first-order chi connectivity index (χ1) is 11.8. The number of likely N-dealkylation sites (tertiary alicyclic amines) is 1. The number of para-hydroxylation sites is 1. The maximum Gasteiger partial charge on any atom is 0.151 e. The Morgan fingerprint density at radius 1 is 1.21 bits per heavy atom. The van der Waals surface area contributed by atoms with Gasteiger partial charge in [0.2, 0.25) is 0 Å². The van der Waals surface area contributed by atoms with Gasteiger partial charge in [0.25, 0.3) is 0 Å². The van der Waals surface area contributed by atoms with Gasteiger partial charge >= 0.3 is 0 Å². The molecule has 2 aliphatic rings. The zero-order valence-electron chi connectivity index (χ0n) is 14.0. The number of fused-ring (bicyclic) bond motifs is 1. The van der Waals surface area contributed by atoms with Crippen LogP contribution in [-0.4, -0.2) is 65.2 Å². The Morgan fingerprint density at radius 3 is 2.92 bits per heavy atom. The number of nitrogens with one attached hydrogen (secondary N) is 1. The molecule has 6 heteroatoms. The van der Waals surface area contributed by atoms with E-state index in [1.54, 1.807) is 6.07 Å². The normalized spacial score (nSPS) is 23.8. The van der Waals surface area contributed by atoms with Gasteiger partial charge in [-0.2, -0.15) is 0 Å². The Kier molecular flexibility index (Phi) is 4.78. The third-order valence-electron chi connectivity index (χ3n) is 5.19. The molecule has 1 aromatic carbocycles. The molecule has 2 saturated heterocycles. The topological polar surface area (TPSA) is 44.4 Å². The molecule has 2 aromatic rings. The van der Waals surface area contributed by atoms with Gasteiger partial charge in [0.1, 0.15) is 11.3 Å². The molecule has 0 unspecified atom stereocenters. The number of rotatable bonds is 4. The smallest absolute Gasteiger partial charge is 0.151 e. The summed E-state index contributed by atoms with van der Waals surface area (Å²) in [5.41, 5.74) is 1.24. The molecular weight excluding hydrogens is 307 g/mol. The summed E-state index contributed by atoms with van der Waals surface area (Å²) >= 11 is 0. The predicted molar refractivity (Wildman–Crippen MR) is 91.4 cm³/mol. The van der Waals surface area contributed by atoms with E-state index in [9.17, 15) is 4.39 Å². The minimum atomic E-state index is -0.251. The van der Waals surface area contributed by atoms with Crippen molar-refractivity contribution in [2.75, 3.05) is 39.4 Å². The summed E-state index contributed by atoms with van der Waals surface area (Å²) in [4.78, 5) is 12.8. The van der Waals surface area contributed by atoms with Gasteiger partial charge in [-0.25, -0.2) is 9.37 Å². The van der Waals surface area contributed by atoms with Gasteiger partial charge in [-0.3, -0.25) is 9.80 Å². The Hall–Kier alpha value is -1.50. The molecule has 1 aromatic heterocycles. The van der Waals surface area contributed by atoms with Crippen LogP contribution in [0, 0.1) is 5.82 Å². The molecule has 2 aliphatic heterocycles. The second kappa shape index (κ2) is 7.17. The molecular formula is C18H25FN4O. The molecule has 5 nitrogen and oxygen atoms in total. The lowest BCUT2D eigenvalue weighted by atomic mass is 10.0. The van der Waals surface area contributed by atoms with Crippen molar-refractivity contribution in [3.63, 3.8) is 0 Å². The molecule has 24 heavy (non-hydrogen) atoms. The molecule has 2 fully saturated rings. The average Bonchev–Trinajstić information content (AvgIpc) is 3.02. The largest absolute Gasteiger partial charge is 0.379 e. The van der Waals surface area contributed by atoms with Crippen LogP contribution in [0.1, 0.15) is 25.1 Å². The van der Waals surface area contributed by atoms with Crippen LogP contribution in [0.5, 0.6) is 0 Å². The highest BCUT2D eigenvalue weighted by Crippen LogP contribution is 2.22. The second-order valence-corrected chi connectivity index (χ2v) is 6.85. The van der Waals surface area contributed by atoms with E-state index in [4.69, 9.17) is 4.74 Å². The summed E-state index contributed by atoms with van der Waals surface area (Å²) < 4.78 is 19.3. The fourth-order valence-electron chi connectivity index (χ4n) is 3.87. The molecule has 1 atom stereocenters. The Balaban J connectivity index is 1.46. The number of ether oxygens (including phenoxy) is 1. The number of nitrogens with zero attached hydrogens (tertiary/aromatic N) is 3. The highest BCUT2D eigenvalue weighted by Gasteiger charge is 2.26. The van der Waals surface area contributed by atoms with E-state index in [2.05, 4.69) is 19.8 Å². The van der Waals surface area contributed by atoms with E-state index in [-0.39, 0.29) is 5.82 Å². The highest BCUT2D eigenvalue weighted by atomic mass is 19.1. The predicted octanol–water partition coefficient (Wildman–Crippen LogP) is 2.39. The highest BCUT2D eigenvalue weighted by molar-refractivity contribution is 5.75.